The van der Waals surface area contributed by atoms with Gasteiger partial charge in [-0.2, -0.15) is 5.26 Å². The number of aromatic nitrogens is 4. The molecule has 144 valence electrons. The van der Waals surface area contributed by atoms with Gasteiger partial charge < -0.3 is 15.6 Å². The van der Waals surface area contributed by atoms with Gasteiger partial charge in [-0.15, -0.1) is 0 Å². The van der Waals surface area contributed by atoms with Gasteiger partial charge >= 0.3 is 0 Å². The van der Waals surface area contributed by atoms with Gasteiger partial charge in [-0.05, 0) is 31.9 Å². The van der Waals surface area contributed by atoms with Crippen LogP contribution in [-0.2, 0) is 9.84 Å². The lowest BCUT2D eigenvalue weighted by Crippen LogP contribution is -2.16. The monoisotopic (exact) mass is 397 g/mol. The minimum Gasteiger partial charge on any atom is -0.382 e. The Labute approximate surface area is 162 Å². The summed E-state index contributed by atoms with van der Waals surface area (Å²) in [6, 6.07) is 7.00. The number of fused-ring (bicyclic) bond motifs is 1. The molecule has 0 aliphatic heterocycles. The van der Waals surface area contributed by atoms with E-state index in [1.54, 1.807) is 12.1 Å². The van der Waals surface area contributed by atoms with Crippen LogP contribution >= 0.6 is 0 Å². The number of anilines is 2. The molecule has 2 heterocycles. The molecule has 0 spiro atoms. The fourth-order valence-electron chi connectivity index (χ4n) is 3.33. The van der Waals surface area contributed by atoms with Crippen LogP contribution in [-0.4, -0.2) is 34.2 Å². The van der Waals surface area contributed by atoms with E-state index in [1.807, 2.05) is 23.6 Å². The molecule has 2 aromatic heterocycles. The van der Waals surface area contributed by atoms with E-state index in [9.17, 15) is 13.7 Å². The van der Waals surface area contributed by atoms with E-state index in [1.165, 1.54) is 12.6 Å². The highest BCUT2D eigenvalue weighted by Crippen LogP contribution is 2.42. The van der Waals surface area contributed by atoms with Crippen molar-refractivity contribution < 1.29 is 8.42 Å². The smallest absolute Gasteiger partial charge is 0.177 e. The topological polar surface area (TPSA) is 140 Å². The van der Waals surface area contributed by atoms with Gasteiger partial charge in [0.15, 0.2) is 9.84 Å². The molecular formula is C18H19N7O2S. The molecule has 3 aromatic rings. The molecule has 1 saturated carbocycles. The summed E-state index contributed by atoms with van der Waals surface area (Å²) in [7, 11) is -3.41. The first-order valence-corrected chi connectivity index (χ1v) is 10.7. The number of nitrogens with two attached hydrogens (primary N) is 1. The normalized spacial score (nSPS) is 15.3. The highest BCUT2D eigenvalue weighted by molar-refractivity contribution is 7.91. The Bertz CT molecular complexity index is 1220. The zero-order chi connectivity index (χ0) is 20.1. The van der Waals surface area contributed by atoms with E-state index in [0.717, 1.165) is 12.8 Å². The highest BCUT2D eigenvalue weighted by atomic mass is 32.2. The van der Waals surface area contributed by atoms with Crippen molar-refractivity contribution in [2.24, 2.45) is 0 Å². The summed E-state index contributed by atoms with van der Waals surface area (Å²) >= 11 is 0. The Balaban J connectivity index is 1.85. The maximum absolute atomic E-state index is 12.3. The lowest BCUT2D eigenvalue weighted by Gasteiger charge is -2.17. The largest absolute Gasteiger partial charge is 0.382 e. The Morgan fingerprint density at radius 1 is 1.36 bits per heavy atom. The van der Waals surface area contributed by atoms with E-state index in [2.05, 4.69) is 15.3 Å². The molecule has 0 unspecified atom stereocenters. The number of rotatable bonds is 5. The third kappa shape index (κ3) is 3.03. The second-order valence-corrected chi connectivity index (χ2v) is 8.91. The minimum absolute atomic E-state index is 0.0993. The fourth-order valence-corrected chi connectivity index (χ4v) is 4.21. The molecule has 28 heavy (non-hydrogen) atoms. The van der Waals surface area contributed by atoms with E-state index in [0.29, 0.717) is 22.7 Å². The van der Waals surface area contributed by atoms with Gasteiger partial charge in [0, 0.05) is 12.3 Å². The Hall–Kier alpha value is -3.19. The number of sulfone groups is 1. The van der Waals surface area contributed by atoms with Crippen molar-refractivity contribution >= 4 is 32.5 Å². The number of nitrogens with one attached hydrogen (secondary N) is 1. The van der Waals surface area contributed by atoms with Crippen molar-refractivity contribution in [3.05, 3.63) is 35.9 Å². The van der Waals surface area contributed by atoms with Gasteiger partial charge in [0.25, 0.3) is 0 Å². The van der Waals surface area contributed by atoms with Crippen molar-refractivity contribution in [2.75, 3.05) is 17.3 Å². The number of hydrogen-bond donors (Lipinski definition) is 2. The number of para-hydroxylation sites is 1. The van der Waals surface area contributed by atoms with Gasteiger partial charge in [-0.3, -0.25) is 0 Å². The van der Waals surface area contributed by atoms with E-state index >= 15 is 0 Å². The Morgan fingerprint density at radius 2 is 2.11 bits per heavy atom. The summed E-state index contributed by atoms with van der Waals surface area (Å²) in [5, 5.41) is 12.5. The van der Waals surface area contributed by atoms with Crippen molar-refractivity contribution in [3.8, 4) is 6.07 Å². The highest BCUT2D eigenvalue weighted by Gasteiger charge is 2.32. The summed E-state index contributed by atoms with van der Waals surface area (Å²) in [5.41, 5.74) is 7.18. The van der Waals surface area contributed by atoms with Crippen LogP contribution in [0.5, 0.6) is 0 Å². The lowest BCUT2D eigenvalue weighted by atomic mass is 10.2. The van der Waals surface area contributed by atoms with E-state index in [4.69, 9.17) is 10.7 Å². The SMILES string of the molecule is C[C@@H](Nc1ncnc(N)c1C#N)c1nc2cccc(S(C)(=O)=O)c2n1C1CC1. The van der Waals surface area contributed by atoms with Gasteiger partial charge in [-0.25, -0.2) is 23.4 Å². The van der Waals surface area contributed by atoms with Crippen LogP contribution in [0.1, 0.15) is 43.2 Å². The van der Waals surface area contributed by atoms with Crippen LogP contribution in [0.4, 0.5) is 11.6 Å². The van der Waals surface area contributed by atoms with Crippen LogP contribution < -0.4 is 11.1 Å². The molecule has 1 fully saturated rings. The molecule has 0 bridgehead atoms. The van der Waals surface area contributed by atoms with Crippen molar-refractivity contribution in [2.45, 2.75) is 36.7 Å². The molecule has 1 aliphatic carbocycles. The fraction of sp³-hybridized carbons (Fsp3) is 0.333. The number of nitriles is 1. The molecule has 0 amide bonds. The Morgan fingerprint density at radius 3 is 2.75 bits per heavy atom. The van der Waals surface area contributed by atoms with Gasteiger partial charge in [0.2, 0.25) is 0 Å². The second-order valence-electron chi connectivity index (χ2n) is 6.93. The number of hydrogen-bond acceptors (Lipinski definition) is 8. The predicted octanol–water partition coefficient (Wildman–Crippen LogP) is 2.19. The lowest BCUT2D eigenvalue weighted by molar-refractivity contribution is 0.601. The molecule has 0 saturated heterocycles. The predicted molar refractivity (Wildman–Crippen MR) is 104 cm³/mol. The quantitative estimate of drug-likeness (QED) is 0.668. The molecule has 3 N–H and O–H groups in total. The first-order chi connectivity index (χ1) is 13.3. The molecule has 10 heteroatoms. The third-order valence-electron chi connectivity index (χ3n) is 4.74. The van der Waals surface area contributed by atoms with Crippen LogP contribution in [0.2, 0.25) is 0 Å². The first kappa shape index (κ1) is 18.2. The van der Waals surface area contributed by atoms with Crippen molar-refractivity contribution in [1.29, 1.82) is 5.26 Å². The summed E-state index contributed by atoms with van der Waals surface area (Å²) < 4.78 is 26.6. The summed E-state index contributed by atoms with van der Waals surface area (Å²) in [5.74, 6) is 1.11. The minimum atomic E-state index is -3.41. The van der Waals surface area contributed by atoms with Crippen LogP contribution in [0, 0.1) is 11.3 Å². The molecular weight excluding hydrogens is 378 g/mol. The molecule has 9 nitrogen and oxygen atoms in total. The molecule has 1 atom stereocenters. The number of nitrogens with zero attached hydrogens (tertiary/aromatic N) is 5. The summed E-state index contributed by atoms with van der Waals surface area (Å²) in [6.45, 7) is 1.89. The van der Waals surface area contributed by atoms with Crippen LogP contribution in [0.3, 0.4) is 0 Å². The van der Waals surface area contributed by atoms with E-state index in [-0.39, 0.29) is 28.4 Å². The zero-order valence-corrected chi connectivity index (χ0v) is 16.2. The van der Waals surface area contributed by atoms with Gasteiger partial charge in [0.1, 0.15) is 35.4 Å². The van der Waals surface area contributed by atoms with E-state index < -0.39 is 9.84 Å². The Kier molecular flexibility index (Phi) is 4.19. The molecule has 4 rings (SSSR count). The molecule has 0 radical (unpaired) electrons. The number of nitrogen functional groups attached to an aromatic ring is 1. The second kappa shape index (κ2) is 6.45. The maximum Gasteiger partial charge on any atom is 0.177 e. The van der Waals surface area contributed by atoms with Gasteiger partial charge in [0.05, 0.1) is 22.0 Å². The van der Waals surface area contributed by atoms with Crippen LogP contribution in [0.25, 0.3) is 11.0 Å². The number of benzene rings is 1. The standard InChI is InChI=1S/C18H19N7O2S/c1-10(23-17-12(8-19)16(20)21-9-22-17)18-24-13-4-3-5-14(28(2,26)27)15(13)25(18)11-6-7-11/h3-5,9-11H,6-7H2,1-2H3,(H3,20,21,22,23)/t10-/m1/s1. The van der Waals surface area contributed by atoms with Crippen molar-refractivity contribution in [3.63, 3.8) is 0 Å². The van der Waals surface area contributed by atoms with Crippen LogP contribution in [0.15, 0.2) is 29.4 Å². The molecule has 1 aromatic carbocycles. The third-order valence-corrected chi connectivity index (χ3v) is 5.87. The molecule has 1 aliphatic rings. The van der Waals surface area contributed by atoms with Crippen molar-refractivity contribution in [1.82, 2.24) is 19.5 Å². The number of imidazole rings is 1. The van der Waals surface area contributed by atoms with Gasteiger partial charge in [-0.1, -0.05) is 6.07 Å². The summed E-state index contributed by atoms with van der Waals surface area (Å²) in [4.78, 5) is 12.9. The maximum atomic E-state index is 12.3. The zero-order valence-electron chi connectivity index (χ0n) is 15.4. The average molecular weight is 397 g/mol. The summed E-state index contributed by atoms with van der Waals surface area (Å²) in [6.07, 6.45) is 4.42. The first-order valence-electron chi connectivity index (χ1n) is 8.79. The average Bonchev–Trinajstić information content (AvgIpc) is 3.40.